The highest BCUT2D eigenvalue weighted by molar-refractivity contribution is 5.74. The van der Waals surface area contributed by atoms with E-state index in [1.54, 1.807) is 18.5 Å². The molecule has 4 heteroatoms. The van der Waals surface area contributed by atoms with Crippen molar-refractivity contribution in [1.29, 1.82) is 0 Å². The second kappa shape index (κ2) is 3.99. The zero-order valence-corrected chi connectivity index (χ0v) is 9.13. The van der Waals surface area contributed by atoms with Crippen molar-refractivity contribution in [3.05, 3.63) is 48.3 Å². The average molecular weight is 225 g/mol. The van der Waals surface area contributed by atoms with E-state index in [0.717, 1.165) is 22.2 Å². The van der Waals surface area contributed by atoms with Gasteiger partial charge in [-0.1, -0.05) is 12.1 Å². The van der Waals surface area contributed by atoms with E-state index in [2.05, 4.69) is 9.97 Å². The number of fused-ring (bicyclic) bond motifs is 1. The number of pyridine rings is 1. The van der Waals surface area contributed by atoms with E-state index in [1.807, 2.05) is 24.3 Å². The first kappa shape index (κ1) is 9.99. The molecule has 1 aromatic carbocycles. The summed E-state index contributed by atoms with van der Waals surface area (Å²) in [5.74, 6) is 0.608. The molecule has 0 unspecified atom stereocenters. The van der Waals surface area contributed by atoms with Crippen molar-refractivity contribution in [2.45, 2.75) is 6.54 Å². The van der Waals surface area contributed by atoms with Gasteiger partial charge in [0.2, 0.25) is 5.89 Å². The fourth-order valence-electron chi connectivity index (χ4n) is 1.69. The van der Waals surface area contributed by atoms with Crippen molar-refractivity contribution in [2.75, 3.05) is 0 Å². The molecule has 0 radical (unpaired) electrons. The van der Waals surface area contributed by atoms with Gasteiger partial charge in [-0.15, -0.1) is 0 Å². The number of nitrogens with two attached hydrogens (primary N) is 1. The molecule has 0 aliphatic heterocycles. The lowest BCUT2D eigenvalue weighted by Gasteiger charge is -1.97. The van der Waals surface area contributed by atoms with E-state index in [9.17, 15) is 0 Å². The van der Waals surface area contributed by atoms with Gasteiger partial charge in [0, 0.05) is 24.4 Å². The molecule has 0 amide bonds. The Morgan fingerprint density at radius 1 is 1.12 bits per heavy atom. The van der Waals surface area contributed by atoms with Crippen molar-refractivity contribution in [3.63, 3.8) is 0 Å². The summed E-state index contributed by atoms with van der Waals surface area (Å²) in [7, 11) is 0. The minimum absolute atomic E-state index is 0.539. The first-order valence-corrected chi connectivity index (χ1v) is 5.37. The number of oxazole rings is 1. The molecule has 0 aliphatic carbocycles. The largest absolute Gasteiger partial charge is 0.436 e. The van der Waals surface area contributed by atoms with Crippen molar-refractivity contribution < 1.29 is 4.42 Å². The van der Waals surface area contributed by atoms with Gasteiger partial charge >= 0.3 is 0 Å². The van der Waals surface area contributed by atoms with Crippen molar-refractivity contribution in [2.24, 2.45) is 5.73 Å². The van der Waals surface area contributed by atoms with Gasteiger partial charge in [0.25, 0.3) is 0 Å². The molecule has 17 heavy (non-hydrogen) atoms. The molecular formula is C13H11N3O. The quantitative estimate of drug-likeness (QED) is 0.727. The van der Waals surface area contributed by atoms with Crippen LogP contribution in [0, 0.1) is 0 Å². The van der Waals surface area contributed by atoms with Crippen LogP contribution in [-0.4, -0.2) is 9.97 Å². The summed E-state index contributed by atoms with van der Waals surface area (Å²) in [4.78, 5) is 8.39. The summed E-state index contributed by atoms with van der Waals surface area (Å²) >= 11 is 0. The Morgan fingerprint density at radius 2 is 1.94 bits per heavy atom. The maximum Gasteiger partial charge on any atom is 0.227 e. The molecule has 3 rings (SSSR count). The lowest BCUT2D eigenvalue weighted by molar-refractivity contribution is 0.619. The van der Waals surface area contributed by atoms with Crippen LogP contribution >= 0.6 is 0 Å². The predicted molar refractivity (Wildman–Crippen MR) is 65.1 cm³/mol. The standard InChI is InChI=1S/C13H11N3O/c14-7-9-1-3-10(4-2-9)13-16-11-8-15-6-5-12(11)17-13/h1-6,8H,7,14H2. The van der Waals surface area contributed by atoms with Crippen LogP contribution in [0.25, 0.3) is 22.6 Å². The van der Waals surface area contributed by atoms with Crippen molar-refractivity contribution in [1.82, 2.24) is 9.97 Å². The third kappa shape index (κ3) is 1.79. The molecule has 0 fully saturated rings. The van der Waals surface area contributed by atoms with Gasteiger partial charge in [0.15, 0.2) is 5.58 Å². The van der Waals surface area contributed by atoms with Gasteiger partial charge in [-0.25, -0.2) is 4.98 Å². The molecular weight excluding hydrogens is 214 g/mol. The van der Waals surface area contributed by atoms with Gasteiger partial charge in [0.05, 0.1) is 6.20 Å². The van der Waals surface area contributed by atoms with Crippen LogP contribution in [-0.2, 0) is 6.54 Å². The number of aromatic nitrogens is 2. The second-order valence-corrected chi connectivity index (χ2v) is 3.76. The minimum Gasteiger partial charge on any atom is -0.436 e. The fraction of sp³-hybridized carbons (Fsp3) is 0.0769. The number of rotatable bonds is 2. The number of benzene rings is 1. The topological polar surface area (TPSA) is 64.9 Å². The molecule has 0 saturated carbocycles. The molecule has 2 aromatic heterocycles. The molecule has 2 N–H and O–H groups in total. The first-order valence-electron chi connectivity index (χ1n) is 5.37. The van der Waals surface area contributed by atoms with E-state index in [-0.39, 0.29) is 0 Å². The van der Waals surface area contributed by atoms with Crippen LogP contribution in [0.3, 0.4) is 0 Å². The average Bonchev–Trinajstić information content (AvgIpc) is 2.82. The molecule has 0 bridgehead atoms. The summed E-state index contributed by atoms with van der Waals surface area (Å²) in [5, 5.41) is 0. The maximum absolute atomic E-state index is 5.65. The lowest BCUT2D eigenvalue weighted by Crippen LogP contribution is -1.95. The van der Waals surface area contributed by atoms with Crippen molar-refractivity contribution in [3.8, 4) is 11.5 Å². The molecule has 4 nitrogen and oxygen atoms in total. The normalized spacial score (nSPS) is 10.9. The summed E-state index contributed by atoms with van der Waals surface area (Å²) in [6.07, 6.45) is 3.38. The third-order valence-corrected chi connectivity index (χ3v) is 2.63. The van der Waals surface area contributed by atoms with Crippen molar-refractivity contribution >= 4 is 11.1 Å². The Hall–Kier alpha value is -2.20. The minimum atomic E-state index is 0.539. The van der Waals surface area contributed by atoms with Crippen LogP contribution in [0.4, 0.5) is 0 Å². The van der Waals surface area contributed by atoms with E-state index < -0.39 is 0 Å². The molecule has 0 aliphatic rings. The Balaban J connectivity index is 2.07. The predicted octanol–water partition coefficient (Wildman–Crippen LogP) is 2.35. The summed E-state index contributed by atoms with van der Waals surface area (Å²) in [6, 6.07) is 9.67. The van der Waals surface area contributed by atoms with E-state index >= 15 is 0 Å². The highest BCUT2D eigenvalue weighted by atomic mass is 16.3. The molecule has 84 valence electrons. The van der Waals surface area contributed by atoms with E-state index in [0.29, 0.717) is 12.4 Å². The highest BCUT2D eigenvalue weighted by Gasteiger charge is 2.07. The Morgan fingerprint density at radius 3 is 2.65 bits per heavy atom. The van der Waals surface area contributed by atoms with Crippen LogP contribution in [0.15, 0.2) is 47.1 Å². The summed E-state index contributed by atoms with van der Waals surface area (Å²) in [5.41, 5.74) is 9.10. The first-order chi connectivity index (χ1) is 8.36. The Bertz CT molecular complexity index is 610. The van der Waals surface area contributed by atoms with Gasteiger partial charge < -0.3 is 10.2 Å². The fourth-order valence-corrected chi connectivity index (χ4v) is 1.69. The molecule has 3 aromatic rings. The third-order valence-electron chi connectivity index (χ3n) is 2.63. The maximum atomic E-state index is 5.65. The molecule has 0 spiro atoms. The highest BCUT2D eigenvalue weighted by Crippen LogP contribution is 2.23. The Labute approximate surface area is 98.1 Å². The molecule has 0 atom stereocenters. The van der Waals surface area contributed by atoms with E-state index in [4.69, 9.17) is 10.2 Å². The monoisotopic (exact) mass is 225 g/mol. The molecule has 0 saturated heterocycles. The zero-order valence-electron chi connectivity index (χ0n) is 9.13. The SMILES string of the molecule is NCc1ccc(-c2nc3cnccc3o2)cc1. The van der Waals surface area contributed by atoms with Gasteiger partial charge in [-0.05, 0) is 17.7 Å². The van der Waals surface area contributed by atoms with Crippen LogP contribution in [0.1, 0.15) is 5.56 Å². The zero-order chi connectivity index (χ0) is 11.7. The van der Waals surface area contributed by atoms with Gasteiger partial charge in [0.1, 0.15) is 5.52 Å². The summed E-state index contributed by atoms with van der Waals surface area (Å²) in [6.45, 7) is 0.539. The van der Waals surface area contributed by atoms with E-state index in [1.165, 1.54) is 0 Å². The van der Waals surface area contributed by atoms with Crippen LogP contribution in [0.5, 0.6) is 0 Å². The van der Waals surface area contributed by atoms with Gasteiger partial charge in [-0.3, -0.25) is 4.98 Å². The van der Waals surface area contributed by atoms with Gasteiger partial charge in [-0.2, -0.15) is 0 Å². The lowest BCUT2D eigenvalue weighted by atomic mass is 10.1. The smallest absolute Gasteiger partial charge is 0.227 e. The number of nitrogens with zero attached hydrogens (tertiary/aromatic N) is 2. The molecule has 2 heterocycles. The van der Waals surface area contributed by atoms with Crippen LogP contribution in [0.2, 0.25) is 0 Å². The van der Waals surface area contributed by atoms with Crippen LogP contribution < -0.4 is 5.73 Å². The number of hydrogen-bond acceptors (Lipinski definition) is 4. The summed E-state index contributed by atoms with van der Waals surface area (Å²) < 4.78 is 5.65. The Kier molecular flexibility index (Phi) is 2.34. The number of hydrogen-bond donors (Lipinski definition) is 1. The second-order valence-electron chi connectivity index (χ2n) is 3.76.